The lowest BCUT2D eigenvalue weighted by atomic mass is 9.81. The summed E-state index contributed by atoms with van der Waals surface area (Å²) < 4.78 is 11.8. The molecule has 1 aromatic carbocycles. The van der Waals surface area contributed by atoms with Gasteiger partial charge in [-0.15, -0.1) is 0 Å². The third-order valence-corrected chi connectivity index (χ3v) is 4.80. The van der Waals surface area contributed by atoms with Gasteiger partial charge in [-0.05, 0) is 38.4 Å². The van der Waals surface area contributed by atoms with Gasteiger partial charge < -0.3 is 9.47 Å². The molecule has 0 radical (unpaired) electrons. The highest BCUT2D eigenvalue weighted by Gasteiger charge is 2.37. The minimum absolute atomic E-state index is 0.526. The minimum atomic E-state index is 0.526. The van der Waals surface area contributed by atoms with Gasteiger partial charge in [0.2, 0.25) is 0 Å². The number of aryl methyl sites for hydroxylation is 1. The average Bonchev–Trinajstić information content (AvgIpc) is 2.47. The lowest BCUT2D eigenvalue weighted by Gasteiger charge is -2.43. The number of methoxy groups -OCH3 is 1. The predicted octanol–water partition coefficient (Wildman–Crippen LogP) is 3.22. The smallest absolute Gasteiger partial charge is 0.165 e. The number of likely N-dealkylation sites (N-methyl/N-ethyl adjacent to an activating group) is 1. The lowest BCUT2D eigenvalue weighted by Crippen LogP contribution is -2.47. The lowest BCUT2D eigenvalue weighted by molar-refractivity contribution is 0.0846. The van der Waals surface area contributed by atoms with Crippen LogP contribution in [0, 0.1) is 0 Å². The van der Waals surface area contributed by atoms with Crippen molar-refractivity contribution in [3.63, 3.8) is 0 Å². The maximum Gasteiger partial charge on any atom is 0.165 e. The molecule has 0 amide bonds. The second kappa shape index (κ2) is 5.65. The van der Waals surface area contributed by atoms with Crippen LogP contribution >= 0.6 is 0 Å². The molecule has 20 heavy (non-hydrogen) atoms. The Bertz CT molecular complexity index is 486. The van der Waals surface area contributed by atoms with Gasteiger partial charge in [0, 0.05) is 11.5 Å². The molecule has 2 heterocycles. The van der Waals surface area contributed by atoms with Crippen molar-refractivity contribution < 1.29 is 9.47 Å². The Hall–Kier alpha value is -1.22. The largest absolute Gasteiger partial charge is 0.493 e. The molecule has 1 aromatic rings. The standard InChI is InChI=1S/C17H25NO2/c1-4-6-12-8-9-14-13-7-5-10-18(2)15(13)11-20-17(14)16(12)19-3/h8-9,13,15H,4-7,10-11H2,1-3H3/t13-,15-/m0/s1. The summed E-state index contributed by atoms with van der Waals surface area (Å²) >= 11 is 0. The molecule has 3 nitrogen and oxygen atoms in total. The molecule has 1 fully saturated rings. The summed E-state index contributed by atoms with van der Waals surface area (Å²) in [5.41, 5.74) is 2.63. The van der Waals surface area contributed by atoms with Gasteiger partial charge in [0.05, 0.1) is 13.2 Å². The zero-order valence-corrected chi connectivity index (χ0v) is 12.8. The molecule has 1 saturated heterocycles. The quantitative estimate of drug-likeness (QED) is 0.845. The third kappa shape index (κ3) is 2.18. The van der Waals surface area contributed by atoms with E-state index in [-0.39, 0.29) is 0 Å². The number of ether oxygens (including phenoxy) is 2. The number of likely N-dealkylation sites (tertiary alicyclic amines) is 1. The van der Waals surface area contributed by atoms with Crippen molar-refractivity contribution >= 4 is 0 Å². The third-order valence-electron chi connectivity index (χ3n) is 4.80. The fraction of sp³-hybridized carbons (Fsp3) is 0.647. The Morgan fingerprint density at radius 2 is 2.25 bits per heavy atom. The first-order valence-corrected chi connectivity index (χ1v) is 7.79. The van der Waals surface area contributed by atoms with Gasteiger partial charge >= 0.3 is 0 Å². The van der Waals surface area contributed by atoms with Crippen molar-refractivity contribution in [1.82, 2.24) is 4.90 Å². The number of hydrogen-bond acceptors (Lipinski definition) is 3. The zero-order valence-electron chi connectivity index (χ0n) is 12.8. The van der Waals surface area contributed by atoms with Crippen LogP contribution in [0.25, 0.3) is 0 Å². The molecule has 0 N–H and O–H groups in total. The first kappa shape index (κ1) is 13.7. The zero-order chi connectivity index (χ0) is 14.1. The highest BCUT2D eigenvalue weighted by atomic mass is 16.5. The second-order valence-corrected chi connectivity index (χ2v) is 6.03. The molecule has 0 aromatic heterocycles. The molecule has 2 aliphatic rings. The number of hydrogen-bond donors (Lipinski definition) is 0. The van der Waals surface area contributed by atoms with E-state index in [2.05, 4.69) is 31.0 Å². The van der Waals surface area contributed by atoms with Crippen LogP contribution in [0.15, 0.2) is 12.1 Å². The van der Waals surface area contributed by atoms with E-state index in [1.54, 1.807) is 7.11 Å². The second-order valence-electron chi connectivity index (χ2n) is 6.03. The number of piperidine rings is 1. The van der Waals surface area contributed by atoms with Crippen LogP contribution in [0.1, 0.15) is 43.2 Å². The minimum Gasteiger partial charge on any atom is -0.493 e. The summed E-state index contributed by atoms with van der Waals surface area (Å²) in [5.74, 6) is 2.58. The maximum atomic E-state index is 6.11. The predicted molar refractivity (Wildman–Crippen MR) is 80.9 cm³/mol. The monoisotopic (exact) mass is 275 g/mol. The molecule has 0 bridgehead atoms. The molecule has 2 atom stereocenters. The van der Waals surface area contributed by atoms with Crippen LogP contribution < -0.4 is 9.47 Å². The molecule has 0 unspecified atom stereocenters. The van der Waals surface area contributed by atoms with E-state index in [0.29, 0.717) is 12.0 Å². The van der Waals surface area contributed by atoms with Gasteiger partial charge in [0.25, 0.3) is 0 Å². The van der Waals surface area contributed by atoms with Crippen molar-refractivity contribution in [2.75, 3.05) is 27.3 Å². The topological polar surface area (TPSA) is 21.7 Å². The molecule has 0 spiro atoms. The van der Waals surface area contributed by atoms with Crippen molar-refractivity contribution in [2.45, 2.75) is 44.6 Å². The number of nitrogens with zero attached hydrogens (tertiary/aromatic N) is 1. The molecule has 110 valence electrons. The normalized spacial score (nSPS) is 25.6. The Labute approximate surface area is 121 Å². The van der Waals surface area contributed by atoms with Crippen molar-refractivity contribution in [3.8, 4) is 11.5 Å². The van der Waals surface area contributed by atoms with Gasteiger partial charge in [-0.3, -0.25) is 4.90 Å². The van der Waals surface area contributed by atoms with E-state index < -0.39 is 0 Å². The van der Waals surface area contributed by atoms with Crippen molar-refractivity contribution in [3.05, 3.63) is 23.3 Å². The number of benzene rings is 1. The van der Waals surface area contributed by atoms with Gasteiger partial charge in [-0.2, -0.15) is 0 Å². The highest BCUT2D eigenvalue weighted by molar-refractivity contribution is 5.55. The molecular weight excluding hydrogens is 250 g/mol. The Kier molecular flexibility index (Phi) is 3.88. The van der Waals surface area contributed by atoms with E-state index in [1.165, 1.54) is 30.5 Å². The van der Waals surface area contributed by atoms with E-state index in [4.69, 9.17) is 9.47 Å². The fourth-order valence-corrected chi connectivity index (χ4v) is 3.75. The molecule has 0 aliphatic carbocycles. The van der Waals surface area contributed by atoms with Gasteiger partial charge in [-0.25, -0.2) is 0 Å². The van der Waals surface area contributed by atoms with Crippen LogP contribution in [0.5, 0.6) is 11.5 Å². The maximum absolute atomic E-state index is 6.11. The summed E-state index contributed by atoms with van der Waals surface area (Å²) in [4.78, 5) is 2.45. The Morgan fingerprint density at radius 3 is 3.00 bits per heavy atom. The molecule has 3 heteroatoms. The van der Waals surface area contributed by atoms with Crippen LogP contribution in [-0.2, 0) is 6.42 Å². The molecule has 2 aliphatic heterocycles. The molecule has 0 saturated carbocycles. The van der Waals surface area contributed by atoms with Crippen LogP contribution in [0.2, 0.25) is 0 Å². The first-order valence-electron chi connectivity index (χ1n) is 7.79. The van der Waals surface area contributed by atoms with Gasteiger partial charge in [-0.1, -0.05) is 25.5 Å². The highest BCUT2D eigenvalue weighted by Crippen LogP contribution is 2.46. The Balaban J connectivity index is 2.01. The number of rotatable bonds is 3. The fourth-order valence-electron chi connectivity index (χ4n) is 3.75. The summed E-state index contributed by atoms with van der Waals surface area (Å²) in [7, 11) is 3.98. The van der Waals surface area contributed by atoms with E-state index >= 15 is 0 Å². The van der Waals surface area contributed by atoms with E-state index in [0.717, 1.165) is 30.9 Å². The first-order chi connectivity index (χ1) is 9.76. The van der Waals surface area contributed by atoms with Gasteiger partial charge in [0.15, 0.2) is 11.5 Å². The van der Waals surface area contributed by atoms with E-state index in [1.807, 2.05) is 0 Å². The van der Waals surface area contributed by atoms with Crippen molar-refractivity contribution in [2.24, 2.45) is 0 Å². The average molecular weight is 275 g/mol. The summed E-state index contributed by atoms with van der Waals surface area (Å²) in [5, 5.41) is 0. The van der Waals surface area contributed by atoms with Crippen LogP contribution in [0.4, 0.5) is 0 Å². The Morgan fingerprint density at radius 1 is 1.40 bits per heavy atom. The summed E-state index contributed by atoms with van der Waals surface area (Å²) in [6, 6.07) is 5.04. The summed E-state index contributed by atoms with van der Waals surface area (Å²) in [6.45, 7) is 4.18. The van der Waals surface area contributed by atoms with E-state index in [9.17, 15) is 0 Å². The number of fused-ring (bicyclic) bond motifs is 3. The summed E-state index contributed by atoms with van der Waals surface area (Å²) in [6.07, 6.45) is 4.72. The van der Waals surface area contributed by atoms with Crippen LogP contribution in [0.3, 0.4) is 0 Å². The van der Waals surface area contributed by atoms with Crippen LogP contribution in [-0.4, -0.2) is 38.3 Å². The van der Waals surface area contributed by atoms with Crippen molar-refractivity contribution in [1.29, 1.82) is 0 Å². The SMILES string of the molecule is CCCc1ccc2c(c1OC)OC[C@H]1[C@H]2CCCN1C. The molecule has 3 rings (SSSR count). The molecular formula is C17H25NO2. The van der Waals surface area contributed by atoms with Gasteiger partial charge in [0.1, 0.15) is 6.61 Å².